The molecule has 2 aromatic carbocycles. The van der Waals surface area contributed by atoms with Crippen LogP contribution in [0.25, 0.3) is 10.9 Å². The first kappa shape index (κ1) is 17.7. The van der Waals surface area contributed by atoms with E-state index in [4.69, 9.17) is 4.74 Å². The Morgan fingerprint density at radius 1 is 1.19 bits per heavy atom. The summed E-state index contributed by atoms with van der Waals surface area (Å²) in [5.41, 5.74) is 2.92. The van der Waals surface area contributed by atoms with Crippen molar-refractivity contribution in [1.82, 2.24) is 9.97 Å². The number of Topliss-reactive ketones (excluding diaryl/α,β-unsaturated/α-hetero) is 1. The van der Waals surface area contributed by atoms with Crippen LogP contribution in [-0.4, -0.2) is 22.4 Å². The van der Waals surface area contributed by atoms with Crippen LogP contribution in [0.5, 0.6) is 5.75 Å². The zero-order chi connectivity index (χ0) is 18.4. The fourth-order valence-corrected chi connectivity index (χ4v) is 2.54. The molecule has 5 heteroatoms. The first-order valence-electron chi connectivity index (χ1n) is 8.42. The van der Waals surface area contributed by atoms with Crippen LogP contribution < -0.4 is 4.74 Å². The second-order valence-electron chi connectivity index (χ2n) is 5.95. The van der Waals surface area contributed by atoms with Gasteiger partial charge >= 0.3 is 0 Å². The fourth-order valence-electron chi connectivity index (χ4n) is 2.54. The molecule has 0 spiro atoms. The molecule has 0 fully saturated rings. The zero-order valence-electron chi connectivity index (χ0n) is 14.5. The highest BCUT2D eigenvalue weighted by Gasteiger charge is 2.09. The summed E-state index contributed by atoms with van der Waals surface area (Å²) in [6.07, 6.45) is 4.71. The largest absolute Gasteiger partial charge is 0.489 e. The predicted molar refractivity (Wildman–Crippen MR) is 99.0 cm³/mol. The number of aromatic nitrogens is 2. The minimum atomic E-state index is 0.0165. The third kappa shape index (κ3) is 4.30. The van der Waals surface area contributed by atoms with E-state index in [1.165, 1.54) is 6.33 Å². The molecule has 0 amide bonds. The first-order chi connectivity index (χ1) is 12.7. The molecule has 1 aromatic heterocycles. The van der Waals surface area contributed by atoms with Crippen molar-refractivity contribution in [2.45, 2.75) is 19.8 Å². The predicted octanol–water partition coefficient (Wildman–Crippen LogP) is 4.70. The molecular formula is C21H19FN2O2. The number of benzene rings is 2. The van der Waals surface area contributed by atoms with Gasteiger partial charge in [0.25, 0.3) is 0 Å². The van der Waals surface area contributed by atoms with E-state index in [0.717, 1.165) is 16.5 Å². The Hall–Kier alpha value is -3.08. The van der Waals surface area contributed by atoms with Crippen LogP contribution in [0, 0.1) is 0 Å². The Labute approximate surface area is 151 Å². The van der Waals surface area contributed by atoms with Crippen molar-refractivity contribution in [2.24, 2.45) is 0 Å². The van der Waals surface area contributed by atoms with E-state index >= 15 is 0 Å². The van der Waals surface area contributed by atoms with Crippen molar-refractivity contribution >= 4 is 16.7 Å². The average Bonchev–Trinajstić information content (AvgIpc) is 2.69. The molecule has 0 bridgehead atoms. The molecule has 0 aliphatic carbocycles. The maximum atomic E-state index is 12.5. The second kappa shape index (κ2) is 8.34. The van der Waals surface area contributed by atoms with Gasteiger partial charge in [0.1, 0.15) is 18.7 Å². The van der Waals surface area contributed by atoms with Crippen LogP contribution in [0.4, 0.5) is 4.39 Å². The molecule has 0 aliphatic rings. The van der Waals surface area contributed by atoms with Crippen LogP contribution in [0.2, 0.25) is 0 Å². The molecule has 0 unspecified atom stereocenters. The Kier molecular flexibility index (Phi) is 5.69. The smallest absolute Gasteiger partial charge is 0.167 e. The molecule has 0 N–H and O–H groups in total. The SMILES string of the molecule is CCC(=CF)COc1ccc(C(=O)Cc2ccc3cncnc3c2)cc1. The summed E-state index contributed by atoms with van der Waals surface area (Å²) in [5, 5.41) is 0.943. The summed E-state index contributed by atoms with van der Waals surface area (Å²) < 4.78 is 18.1. The van der Waals surface area contributed by atoms with Crippen LogP contribution in [-0.2, 0) is 6.42 Å². The number of ether oxygens (including phenoxy) is 1. The van der Waals surface area contributed by atoms with Crippen LogP contribution in [0.15, 0.2) is 66.9 Å². The molecule has 0 atom stereocenters. The number of halogens is 1. The normalized spacial score (nSPS) is 11.5. The Balaban J connectivity index is 1.65. The number of carbonyl (C=O) groups excluding carboxylic acids is 1. The van der Waals surface area contributed by atoms with E-state index in [0.29, 0.717) is 36.1 Å². The number of nitrogens with zero attached hydrogens (tertiary/aromatic N) is 2. The van der Waals surface area contributed by atoms with Gasteiger partial charge in [-0.25, -0.2) is 14.4 Å². The van der Waals surface area contributed by atoms with Gasteiger partial charge in [0.05, 0.1) is 11.8 Å². The van der Waals surface area contributed by atoms with Crippen molar-refractivity contribution < 1.29 is 13.9 Å². The van der Waals surface area contributed by atoms with Gasteiger partial charge in [-0.15, -0.1) is 0 Å². The highest BCUT2D eigenvalue weighted by atomic mass is 19.1. The topological polar surface area (TPSA) is 52.1 Å². The molecule has 132 valence electrons. The third-order valence-corrected chi connectivity index (χ3v) is 4.15. The Morgan fingerprint density at radius 3 is 2.73 bits per heavy atom. The summed E-state index contributed by atoms with van der Waals surface area (Å²) >= 11 is 0. The van der Waals surface area contributed by atoms with Gasteiger partial charge in [-0.2, -0.15) is 0 Å². The van der Waals surface area contributed by atoms with E-state index in [9.17, 15) is 9.18 Å². The van der Waals surface area contributed by atoms with Gasteiger partial charge in [-0.3, -0.25) is 4.79 Å². The number of fused-ring (bicyclic) bond motifs is 1. The molecule has 0 aliphatic heterocycles. The lowest BCUT2D eigenvalue weighted by Crippen LogP contribution is -2.04. The van der Waals surface area contributed by atoms with Crippen molar-refractivity contribution in [3.8, 4) is 5.75 Å². The summed E-state index contributed by atoms with van der Waals surface area (Å²) in [7, 11) is 0. The molecule has 3 rings (SSSR count). The zero-order valence-corrected chi connectivity index (χ0v) is 14.5. The van der Waals surface area contributed by atoms with Gasteiger partial charge < -0.3 is 4.74 Å². The fraction of sp³-hybridized carbons (Fsp3) is 0.190. The number of hydrogen-bond acceptors (Lipinski definition) is 4. The minimum Gasteiger partial charge on any atom is -0.489 e. The summed E-state index contributed by atoms with van der Waals surface area (Å²) in [5.74, 6) is 0.625. The van der Waals surface area contributed by atoms with Crippen molar-refractivity contribution in [3.05, 3.63) is 78.0 Å². The minimum absolute atomic E-state index is 0.0165. The standard InChI is InChI=1S/C21H19FN2O2/c1-2-15(11-22)13-26-19-7-5-17(6-8-19)21(25)10-16-3-4-18-12-23-14-24-20(18)9-16/h3-9,11-12,14H,2,10,13H2,1H3. The molecule has 3 aromatic rings. The van der Waals surface area contributed by atoms with Crippen LogP contribution in [0.1, 0.15) is 29.3 Å². The number of rotatable bonds is 7. The lowest BCUT2D eigenvalue weighted by molar-refractivity contribution is 0.0993. The van der Waals surface area contributed by atoms with Gasteiger partial charge in [-0.1, -0.05) is 19.1 Å². The van der Waals surface area contributed by atoms with Crippen molar-refractivity contribution in [2.75, 3.05) is 6.61 Å². The molecule has 26 heavy (non-hydrogen) atoms. The number of hydrogen-bond donors (Lipinski definition) is 0. The monoisotopic (exact) mass is 350 g/mol. The van der Waals surface area contributed by atoms with E-state index in [1.54, 1.807) is 30.5 Å². The first-order valence-corrected chi connectivity index (χ1v) is 8.42. The highest BCUT2D eigenvalue weighted by Crippen LogP contribution is 2.17. The van der Waals surface area contributed by atoms with Gasteiger partial charge in [0, 0.05) is 23.6 Å². The maximum absolute atomic E-state index is 12.5. The summed E-state index contributed by atoms with van der Waals surface area (Å²) in [6.45, 7) is 2.08. The van der Waals surface area contributed by atoms with E-state index < -0.39 is 0 Å². The van der Waals surface area contributed by atoms with Gasteiger partial charge in [0.15, 0.2) is 5.78 Å². The third-order valence-electron chi connectivity index (χ3n) is 4.15. The molecule has 0 saturated carbocycles. The van der Waals surface area contributed by atoms with E-state index in [-0.39, 0.29) is 12.4 Å². The van der Waals surface area contributed by atoms with Crippen molar-refractivity contribution in [3.63, 3.8) is 0 Å². The molecule has 0 radical (unpaired) electrons. The summed E-state index contributed by atoms with van der Waals surface area (Å²) in [4.78, 5) is 20.7. The molecule has 0 saturated heterocycles. The lowest BCUT2D eigenvalue weighted by atomic mass is 10.0. The Bertz CT molecular complexity index is 936. The van der Waals surface area contributed by atoms with E-state index in [1.807, 2.05) is 25.1 Å². The summed E-state index contributed by atoms with van der Waals surface area (Å²) in [6, 6.07) is 12.6. The highest BCUT2D eigenvalue weighted by molar-refractivity contribution is 5.98. The quantitative estimate of drug-likeness (QED) is 0.580. The second-order valence-corrected chi connectivity index (χ2v) is 5.95. The van der Waals surface area contributed by atoms with Crippen LogP contribution >= 0.6 is 0 Å². The maximum Gasteiger partial charge on any atom is 0.167 e. The van der Waals surface area contributed by atoms with Gasteiger partial charge in [-0.05, 0) is 47.9 Å². The number of carbonyl (C=O) groups is 1. The Morgan fingerprint density at radius 2 is 2.00 bits per heavy atom. The molecule has 4 nitrogen and oxygen atoms in total. The number of ketones is 1. The lowest BCUT2D eigenvalue weighted by Gasteiger charge is -2.08. The van der Waals surface area contributed by atoms with Gasteiger partial charge in [0.2, 0.25) is 0 Å². The van der Waals surface area contributed by atoms with Crippen molar-refractivity contribution in [1.29, 1.82) is 0 Å². The average molecular weight is 350 g/mol. The van der Waals surface area contributed by atoms with E-state index in [2.05, 4.69) is 9.97 Å². The molecular weight excluding hydrogens is 331 g/mol. The van der Waals surface area contributed by atoms with Crippen LogP contribution in [0.3, 0.4) is 0 Å². The molecule has 1 heterocycles.